The SMILES string of the molecule is CC1CCCN1S(=O)(=O)c1ccc(N)cc1Cl. The van der Waals surface area contributed by atoms with Crippen molar-refractivity contribution < 1.29 is 8.42 Å². The van der Waals surface area contributed by atoms with Crippen LogP contribution in [0.3, 0.4) is 0 Å². The van der Waals surface area contributed by atoms with Crippen molar-refractivity contribution in [1.29, 1.82) is 0 Å². The van der Waals surface area contributed by atoms with Gasteiger partial charge in [0.2, 0.25) is 10.0 Å². The van der Waals surface area contributed by atoms with Gasteiger partial charge in [-0.05, 0) is 38.0 Å². The average molecular weight is 275 g/mol. The molecule has 1 atom stereocenters. The number of halogens is 1. The van der Waals surface area contributed by atoms with Crippen molar-refractivity contribution in [1.82, 2.24) is 4.31 Å². The van der Waals surface area contributed by atoms with E-state index in [2.05, 4.69) is 0 Å². The number of nitrogens with two attached hydrogens (primary N) is 1. The third kappa shape index (κ3) is 2.27. The van der Waals surface area contributed by atoms with Crippen molar-refractivity contribution >= 4 is 27.3 Å². The van der Waals surface area contributed by atoms with Gasteiger partial charge in [0.25, 0.3) is 0 Å². The zero-order valence-corrected chi connectivity index (χ0v) is 11.1. The maximum absolute atomic E-state index is 12.4. The summed E-state index contributed by atoms with van der Waals surface area (Å²) in [6.07, 6.45) is 1.79. The van der Waals surface area contributed by atoms with Crippen LogP contribution in [-0.4, -0.2) is 25.3 Å². The van der Waals surface area contributed by atoms with Crippen molar-refractivity contribution in [2.75, 3.05) is 12.3 Å². The molecule has 0 aliphatic carbocycles. The monoisotopic (exact) mass is 274 g/mol. The molecule has 94 valence electrons. The van der Waals surface area contributed by atoms with Gasteiger partial charge >= 0.3 is 0 Å². The fourth-order valence-corrected chi connectivity index (χ4v) is 4.34. The predicted molar refractivity (Wildman–Crippen MR) is 68.5 cm³/mol. The Bertz CT molecular complexity index is 530. The molecule has 2 rings (SSSR count). The van der Waals surface area contributed by atoms with Gasteiger partial charge in [0, 0.05) is 18.3 Å². The molecule has 0 amide bonds. The van der Waals surface area contributed by atoms with E-state index in [1.54, 1.807) is 6.07 Å². The van der Waals surface area contributed by atoms with Crippen LogP contribution in [-0.2, 0) is 10.0 Å². The third-order valence-corrected chi connectivity index (χ3v) is 5.53. The lowest BCUT2D eigenvalue weighted by molar-refractivity contribution is 0.408. The Morgan fingerprint density at radius 2 is 2.18 bits per heavy atom. The molecule has 1 unspecified atom stereocenters. The quantitative estimate of drug-likeness (QED) is 0.840. The van der Waals surface area contributed by atoms with Gasteiger partial charge < -0.3 is 5.73 Å². The molecule has 0 aromatic heterocycles. The van der Waals surface area contributed by atoms with E-state index in [9.17, 15) is 8.42 Å². The van der Waals surface area contributed by atoms with E-state index in [0.717, 1.165) is 12.8 Å². The lowest BCUT2D eigenvalue weighted by atomic mass is 10.3. The number of hydrogen-bond donors (Lipinski definition) is 1. The van der Waals surface area contributed by atoms with Crippen LogP contribution in [0.4, 0.5) is 5.69 Å². The van der Waals surface area contributed by atoms with Crippen LogP contribution < -0.4 is 5.73 Å². The van der Waals surface area contributed by atoms with Crippen LogP contribution >= 0.6 is 11.6 Å². The summed E-state index contributed by atoms with van der Waals surface area (Å²) < 4.78 is 26.3. The van der Waals surface area contributed by atoms with Crippen LogP contribution in [0.15, 0.2) is 23.1 Å². The van der Waals surface area contributed by atoms with Crippen molar-refractivity contribution in [3.8, 4) is 0 Å². The van der Waals surface area contributed by atoms with Crippen molar-refractivity contribution in [3.05, 3.63) is 23.2 Å². The van der Waals surface area contributed by atoms with E-state index in [1.165, 1.54) is 16.4 Å². The lowest BCUT2D eigenvalue weighted by Gasteiger charge is -2.21. The average Bonchev–Trinajstić information content (AvgIpc) is 2.64. The summed E-state index contributed by atoms with van der Waals surface area (Å²) in [5.74, 6) is 0. The zero-order valence-electron chi connectivity index (χ0n) is 9.56. The van der Waals surface area contributed by atoms with Gasteiger partial charge in [-0.1, -0.05) is 11.6 Å². The molecule has 0 radical (unpaired) electrons. The first-order chi connectivity index (χ1) is 7.93. The Morgan fingerprint density at radius 1 is 1.47 bits per heavy atom. The molecule has 1 aromatic rings. The van der Waals surface area contributed by atoms with Crippen molar-refractivity contribution in [2.24, 2.45) is 0 Å². The molecule has 1 aliphatic heterocycles. The third-order valence-electron chi connectivity index (χ3n) is 3.03. The lowest BCUT2D eigenvalue weighted by Crippen LogP contribution is -2.33. The molecule has 0 spiro atoms. The second-order valence-corrected chi connectivity index (χ2v) is 6.56. The maximum atomic E-state index is 12.4. The van der Waals surface area contributed by atoms with E-state index in [-0.39, 0.29) is 16.0 Å². The van der Waals surface area contributed by atoms with Gasteiger partial charge in [0.05, 0.1) is 5.02 Å². The first-order valence-electron chi connectivity index (χ1n) is 5.50. The molecule has 0 saturated carbocycles. The molecule has 0 bridgehead atoms. The highest BCUT2D eigenvalue weighted by Gasteiger charge is 2.33. The number of nitrogen functional groups attached to an aromatic ring is 1. The Labute approximate surface area is 106 Å². The Balaban J connectivity index is 2.44. The normalized spacial score (nSPS) is 21.9. The van der Waals surface area contributed by atoms with Crippen LogP contribution in [0.1, 0.15) is 19.8 Å². The van der Waals surface area contributed by atoms with Gasteiger partial charge in [0.1, 0.15) is 4.90 Å². The first-order valence-corrected chi connectivity index (χ1v) is 7.31. The summed E-state index contributed by atoms with van der Waals surface area (Å²) in [7, 11) is -3.49. The highest BCUT2D eigenvalue weighted by atomic mass is 35.5. The molecule has 6 heteroatoms. The Morgan fingerprint density at radius 3 is 2.71 bits per heavy atom. The summed E-state index contributed by atoms with van der Waals surface area (Å²) in [5.41, 5.74) is 6.02. The molecule has 2 N–H and O–H groups in total. The van der Waals surface area contributed by atoms with E-state index < -0.39 is 10.0 Å². The van der Waals surface area contributed by atoms with Gasteiger partial charge in [-0.25, -0.2) is 8.42 Å². The molecule has 1 saturated heterocycles. The van der Waals surface area contributed by atoms with E-state index in [1.807, 2.05) is 6.92 Å². The zero-order chi connectivity index (χ0) is 12.6. The Hall–Kier alpha value is -0.780. The van der Waals surface area contributed by atoms with Crippen LogP contribution in [0.25, 0.3) is 0 Å². The van der Waals surface area contributed by atoms with E-state index in [4.69, 9.17) is 17.3 Å². The molecular weight excluding hydrogens is 260 g/mol. The minimum absolute atomic E-state index is 0.0358. The summed E-state index contributed by atoms with van der Waals surface area (Å²) in [6.45, 7) is 2.47. The van der Waals surface area contributed by atoms with Crippen LogP contribution in [0, 0.1) is 0 Å². The smallest absolute Gasteiger partial charge is 0.244 e. The number of nitrogens with zero attached hydrogens (tertiary/aromatic N) is 1. The highest BCUT2D eigenvalue weighted by molar-refractivity contribution is 7.89. The second-order valence-electron chi connectivity index (χ2n) is 4.30. The summed E-state index contributed by atoms with van der Waals surface area (Å²) in [4.78, 5) is 0.141. The number of rotatable bonds is 2. The minimum atomic E-state index is -3.49. The fraction of sp³-hybridized carbons (Fsp3) is 0.455. The molecular formula is C11H15ClN2O2S. The summed E-state index contributed by atoms with van der Waals surface area (Å²) >= 11 is 5.95. The summed E-state index contributed by atoms with van der Waals surface area (Å²) in [6, 6.07) is 4.53. The van der Waals surface area contributed by atoms with Crippen LogP contribution in [0.2, 0.25) is 5.02 Å². The Kier molecular flexibility index (Phi) is 3.34. The van der Waals surface area contributed by atoms with Gasteiger partial charge in [-0.3, -0.25) is 0 Å². The van der Waals surface area contributed by atoms with Gasteiger partial charge in [-0.15, -0.1) is 0 Å². The van der Waals surface area contributed by atoms with Gasteiger partial charge in [-0.2, -0.15) is 4.31 Å². The number of sulfonamides is 1. The highest BCUT2D eigenvalue weighted by Crippen LogP contribution is 2.30. The standard InChI is InChI=1S/C11H15ClN2O2S/c1-8-3-2-6-14(8)17(15,16)11-5-4-9(13)7-10(11)12/h4-5,7-8H,2-3,6,13H2,1H3. The van der Waals surface area contributed by atoms with E-state index in [0.29, 0.717) is 12.2 Å². The number of benzene rings is 1. The molecule has 1 aromatic carbocycles. The summed E-state index contributed by atoms with van der Waals surface area (Å²) in [5, 5.41) is 0.184. The molecule has 1 aliphatic rings. The predicted octanol–water partition coefficient (Wildman–Crippen LogP) is 2.10. The van der Waals surface area contributed by atoms with Gasteiger partial charge in [0.15, 0.2) is 0 Å². The van der Waals surface area contributed by atoms with Crippen LogP contribution in [0.5, 0.6) is 0 Å². The molecule has 4 nitrogen and oxygen atoms in total. The second kappa shape index (κ2) is 4.48. The number of anilines is 1. The largest absolute Gasteiger partial charge is 0.399 e. The maximum Gasteiger partial charge on any atom is 0.244 e. The number of hydrogen-bond acceptors (Lipinski definition) is 3. The van der Waals surface area contributed by atoms with Crippen molar-refractivity contribution in [2.45, 2.75) is 30.7 Å². The van der Waals surface area contributed by atoms with Crippen molar-refractivity contribution in [3.63, 3.8) is 0 Å². The van der Waals surface area contributed by atoms with E-state index >= 15 is 0 Å². The minimum Gasteiger partial charge on any atom is -0.399 e. The topological polar surface area (TPSA) is 63.4 Å². The molecule has 1 fully saturated rings. The molecule has 1 heterocycles. The fourth-order valence-electron chi connectivity index (χ4n) is 2.12. The first kappa shape index (κ1) is 12.7. The molecule has 17 heavy (non-hydrogen) atoms.